The third-order valence-corrected chi connectivity index (χ3v) is 3.70. The first-order valence-corrected chi connectivity index (χ1v) is 7.51. The van der Waals surface area contributed by atoms with Gasteiger partial charge in [0.1, 0.15) is 5.75 Å². The number of anilines is 1. The normalized spacial score (nSPS) is 11.8. The molecule has 19 heavy (non-hydrogen) atoms. The molecule has 0 spiro atoms. The summed E-state index contributed by atoms with van der Waals surface area (Å²) in [6, 6.07) is 3.75. The van der Waals surface area contributed by atoms with Crippen molar-refractivity contribution in [2.45, 2.75) is 26.3 Å². The number of hydrogen-bond acceptors (Lipinski definition) is 4. The fourth-order valence-corrected chi connectivity index (χ4v) is 2.85. The van der Waals surface area contributed by atoms with Crippen LogP contribution in [0.15, 0.2) is 21.1 Å². The Morgan fingerprint density at radius 3 is 2.63 bits per heavy atom. The van der Waals surface area contributed by atoms with Crippen LogP contribution in [0.1, 0.15) is 20.3 Å². The molecule has 1 atom stereocenters. The van der Waals surface area contributed by atoms with Crippen molar-refractivity contribution in [3.05, 3.63) is 21.1 Å². The molecular weight excluding hydrogens is 378 g/mol. The van der Waals surface area contributed by atoms with Gasteiger partial charge < -0.3 is 14.8 Å². The molecule has 0 saturated heterocycles. The molecule has 1 unspecified atom stereocenters. The van der Waals surface area contributed by atoms with Gasteiger partial charge in [-0.25, -0.2) is 0 Å². The molecule has 0 saturated carbocycles. The number of esters is 1. The molecule has 106 valence electrons. The van der Waals surface area contributed by atoms with Crippen LogP contribution in [0.3, 0.4) is 0 Å². The molecule has 0 amide bonds. The van der Waals surface area contributed by atoms with Crippen molar-refractivity contribution in [3.63, 3.8) is 0 Å². The van der Waals surface area contributed by atoms with E-state index in [2.05, 4.69) is 37.2 Å². The Morgan fingerprint density at radius 2 is 2.05 bits per heavy atom. The minimum Gasteiger partial charge on any atom is -0.495 e. The number of benzene rings is 1. The number of rotatable bonds is 6. The van der Waals surface area contributed by atoms with E-state index in [0.29, 0.717) is 13.0 Å². The van der Waals surface area contributed by atoms with Crippen LogP contribution in [0, 0.1) is 0 Å². The van der Waals surface area contributed by atoms with Gasteiger partial charge in [-0.15, -0.1) is 0 Å². The summed E-state index contributed by atoms with van der Waals surface area (Å²) in [5, 5.41) is 3.25. The van der Waals surface area contributed by atoms with Crippen LogP contribution < -0.4 is 10.1 Å². The van der Waals surface area contributed by atoms with E-state index in [4.69, 9.17) is 9.47 Å². The summed E-state index contributed by atoms with van der Waals surface area (Å²) < 4.78 is 11.9. The zero-order valence-corrected chi connectivity index (χ0v) is 14.3. The quantitative estimate of drug-likeness (QED) is 0.741. The van der Waals surface area contributed by atoms with Gasteiger partial charge in [0.05, 0.1) is 30.3 Å². The topological polar surface area (TPSA) is 47.6 Å². The van der Waals surface area contributed by atoms with Gasteiger partial charge in [0.15, 0.2) is 0 Å². The molecule has 1 N–H and O–H groups in total. The van der Waals surface area contributed by atoms with Gasteiger partial charge in [-0.3, -0.25) is 4.79 Å². The van der Waals surface area contributed by atoms with E-state index in [9.17, 15) is 4.79 Å². The van der Waals surface area contributed by atoms with Gasteiger partial charge in [0.2, 0.25) is 0 Å². The van der Waals surface area contributed by atoms with Crippen molar-refractivity contribution in [1.29, 1.82) is 0 Å². The summed E-state index contributed by atoms with van der Waals surface area (Å²) in [7, 11) is 1.61. The monoisotopic (exact) mass is 393 g/mol. The van der Waals surface area contributed by atoms with Crippen molar-refractivity contribution < 1.29 is 14.3 Å². The first kappa shape index (κ1) is 16.3. The lowest BCUT2D eigenvalue weighted by molar-refractivity contribution is -0.143. The molecular formula is C13H17Br2NO3. The van der Waals surface area contributed by atoms with E-state index in [-0.39, 0.29) is 12.0 Å². The highest BCUT2D eigenvalue weighted by atomic mass is 79.9. The first-order chi connectivity index (χ1) is 8.97. The van der Waals surface area contributed by atoms with Gasteiger partial charge in [0.25, 0.3) is 0 Å². The Labute approximate surface area is 130 Å². The van der Waals surface area contributed by atoms with Gasteiger partial charge in [-0.1, -0.05) is 0 Å². The van der Waals surface area contributed by atoms with Crippen LogP contribution in [-0.2, 0) is 9.53 Å². The summed E-state index contributed by atoms with van der Waals surface area (Å²) in [4.78, 5) is 11.4. The number of halogens is 2. The van der Waals surface area contributed by atoms with E-state index in [1.54, 1.807) is 14.0 Å². The first-order valence-electron chi connectivity index (χ1n) is 5.93. The van der Waals surface area contributed by atoms with Crippen molar-refractivity contribution in [2.24, 2.45) is 0 Å². The minimum absolute atomic E-state index is 0.0266. The molecule has 6 heteroatoms. The van der Waals surface area contributed by atoms with Crippen LogP contribution in [-0.4, -0.2) is 25.7 Å². The molecule has 0 aromatic heterocycles. The van der Waals surface area contributed by atoms with E-state index < -0.39 is 0 Å². The second-order valence-electron chi connectivity index (χ2n) is 4.02. The average Bonchev–Trinajstić information content (AvgIpc) is 2.32. The van der Waals surface area contributed by atoms with Crippen LogP contribution in [0.2, 0.25) is 0 Å². The number of carbonyl (C=O) groups is 1. The number of methoxy groups -OCH3 is 1. The Balaban J connectivity index is 2.73. The zero-order chi connectivity index (χ0) is 14.4. The summed E-state index contributed by atoms with van der Waals surface area (Å²) in [5.41, 5.74) is 0.872. The fourth-order valence-electron chi connectivity index (χ4n) is 1.58. The van der Waals surface area contributed by atoms with Crippen LogP contribution in [0.5, 0.6) is 5.75 Å². The molecule has 1 aromatic rings. The largest absolute Gasteiger partial charge is 0.495 e. The number of nitrogens with one attached hydrogen (secondary N) is 1. The number of carbonyl (C=O) groups excluding carboxylic acids is 1. The molecule has 0 radical (unpaired) electrons. The summed E-state index contributed by atoms with van der Waals surface area (Å²) in [5.74, 6) is 0.525. The van der Waals surface area contributed by atoms with Gasteiger partial charge in [-0.05, 0) is 51.8 Å². The molecule has 4 nitrogen and oxygen atoms in total. The molecule has 1 rings (SSSR count). The highest BCUT2D eigenvalue weighted by Crippen LogP contribution is 2.34. The average molecular weight is 395 g/mol. The third kappa shape index (κ3) is 5.03. The molecule has 0 fully saturated rings. The molecule has 0 aliphatic heterocycles. The molecule has 1 aromatic carbocycles. The van der Waals surface area contributed by atoms with Gasteiger partial charge >= 0.3 is 5.97 Å². The Hall–Kier alpha value is -0.750. The third-order valence-electron chi connectivity index (χ3n) is 2.42. The predicted molar refractivity (Wildman–Crippen MR) is 82.7 cm³/mol. The lowest BCUT2D eigenvalue weighted by Gasteiger charge is -2.17. The maximum atomic E-state index is 11.4. The second kappa shape index (κ2) is 7.75. The lowest BCUT2D eigenvalue weighted by atomic mass is 10.2. The summed E-state index contributed by atoms with van der Waals surface area (Å²) in [6.45, 7) is 4.13. The standard InChI is InChI=1S/C13H17Br2NO3/c1-4-19-13(17)5-8(2)16-11-7-12(18-3)10(15)6-9(11)14/h6-8,16H,4-5H2,1-3H3. The molecule has 0 aliphatic carbocycles. The van der Waals surface area contributed by atoms with Crippen LogP contribution >= 0.6 is 31.9 Å². The smallest absolute Gasteiger partial charge is 0.307 e. The van der Waals surface area contributed by atoms with E-state index in [1.807, 2.05) is 19.1 Å². The van der Waals surface area contributed by atoms with Gasteiger partial charge in [-0.2, -0.15) is 0 Å². The van der Waals surface area contributed by atoms with Crippen molar-refractivity contribution in [2.75, 3.05) is 19.0 Å². The number of hydrogen-bond donors (Lipinski definition) is 1. The van der Waals surface area contributed by atoms with Crippen molar-refractivity contribution in [1.82, 2.24) is 0 Å². The molecule has 0 aliphatic rings. The van der Waals surface area contributed by atoms with E-state index in [0.717, 1.165) is 20.4 Å². The molecule has 0 heterocycles. The highest BCUT2D eigenvalue weighted by molar-refractivity contribution is 9.11. The number of ether oxygens (including phenoxy) is 2. The maximum Gasteiger partial charge on any atom is 0.307 e. The van der Waals surface area contributed by atoms with Crippen molar-refractivity contribution in [3.8, 4) is 5.75 Å². The summed E-state index contributed by atoms with van der Waals surface area (Å²) >= 11 is 6.88. The SMILES string of the molecule is CCOC(=O)CC(C)Nc1cc(OC)c(Br)cc1Br. The Morgan fingerprint density at radius 1 is 1.37 bits per heavy atom. The minimum atomic E-state index is -0.206. The van der Waals surface area contributed by atoms with Crippen LogP contribution in [0.25, 0.3) is 0 Å². The zero-order valence-electron chi connectivity index (χ0n) is 11.1. The maximum absolute atomic E-state index is 11.4. The molecule has 0 bridgehead atoms. The van der Waals surface area contributed by atoms with Crippen LogP contribution in [0.4, 0.5) is 5.69 Å². The van der Waals surface area contributed by atoms with E-state index >= 15 is 0 Å². The van der Waals surface area contributed by atoms with Gasteiger partial charge in [0, 0.05) is 16.6 Å². The second-order valence-corrected chi connectivity index (χ2v) is 5.73. The Kier molecular flexibility index (Phi) is 6.65. The fraction of sp³-hybridized carbons (Fsp3) is 0.462. The highest BCUT2D eigenvalue weighted by Gasteiger charge is 2.13. The Bertz CT molecular complexity index is 452. The van der Waals surface area contributed by atoms with Crippen molar-refractivity contribution >= 4 is 43.5 Å². The lowest BCUT2D eigenvalue weighted by Crippen LogP contribution is -2.21. The summed E-state index contributed by atoms with van der Waals surface area (Å²) in [6.07, 6.45) is 0.318. The van der Waals surface area contributed by atoms with E-state index in [1.165, 1.54) is 0 Å². The predicted octanol–water partition coefficient (Wildman–Crippen LogP) is 3.97.